The second kappa shape index (κ2) is 10.4. The molecule has 3 rings (SSSR count). The summed E-state index contributed by atoms with van der Waals surface area (Å²) in [7, 11) is -1.73. The summed E-state index contributed by atoms with van der Waals surface area (Å²) in [6.45, 7) is 4.33. The van der Waals surface area contributed by atoms with E-state index in [0.717, 1.165) is 32.1 Å². The topological polar surface area (TPSA) is 66.9 Å². The van der Waals surface area contributed by atoms with E-state index >= 15 is 0 Å². The zero-order valence-electron chi connectivity index (χ0n) is 18.7. The van der Waals surface area contributed by atoms with E-state index in [1.54, 1.807) is 4.31 Å². The van der Waals surface area contributed by atoms with Crippen LogP contribution in [0.5, 0.6) is 5.75 Å². The molecule has 1 heterocycles. The Hall–Kier alpha value is -1.51. The van der Waals surface area contributed by atoms with Gasteiger partial charge in [-0.25, -0.2) is 12.8 Å². The van der Waals surface area contributed by atoms with Crippen LogP contribution in [0.3, 0.4) is 0 Å². The maximum Gasteiger partial charge on any atom is 0.214 e. The lowest BCUT2D eigenvalue weighted by atomic mass is 9.76. The first-order valence-corrected chi connectivity index (χ1v) is 13.0. The van der Waals surface area contributed by atoms with E-state index in [2.05, 4.69) is 4.90 Å². The average Bonchev–Trinajstić information content (AvgIpc) is 2.78. The number of halogens is 1. The lowest BCUT2D eigenvalue weighted by Crippen LogP contribution is -2.58. The average molecular weight is 455 g/mol. The van der Waals surface area contributed by atoms with Crippen LogP contribution in [0, 0.1) is 5.82 Å². The first-order valence-electron chi connectivity index (χ1n) is 11.4. The van der Waals surface area contributed by atoms with Crippen LogP contribution in [0.2, 0.25) is 0 Å². The van der Waals surface area contributed by atoms with E-state index in [9.17, 15) is 17.6 Å². The highest BCUT2D eigenvalue weighted by atomic mass is 32.2. The minimum atomic E-state index is -3.17. The van der Waals surface area contributed by atoms with Crippen molar-refractivity contribution in [3.05, 3.63) is 29.6 Å². The summed E-state index contributed by atoms with van der Waals surface area (Å²) < 4.78 is 45.2. The van der Waals surface area contributed by atoms with E-state index in [0.29, 0.717) is 44.6 Å². The zero-order valence-corrected chi connectivity index (χ0v) is 19.6. The molecule has 2 aliphatic rings. The Labute approximate surface area is 185 Å². The number of hydrogen-bond acceptors (Lipinski definition) is 5. The number of piperazine rings is 1. The van der Waals surface area contributed by atoms with E-state index in [-0.39, 0.29) is 22.8 Å². The number of hydrogen-bond donors (Lipinski definition) is 0. The molecule has 1 aromatic rings. The normalized spacial score (nSPS) is 20.5. The summed E-state index contributed by atoms with van der Waals surface area (Å²) in [5.74, 6) is 0.0167. The molecular weight excluding hydrogens is 419 g/mol. The van der Waals surface area contributed by atoms with Crippen LogP contribution in [0.1, 0.15) is 68.6 Å². The van der Waals surface area contributed by atoms with Gasteiger partial charge in [-0.2, -0.15) is 4.31 Å². The van der Waals surface area contributed by atoms with Crippen LogP contribution in [0.15, 0.2) is 18.2 Å². The van der Waals surface area contributed by atoms with Crippen molar-refractivity contribution >= 4 is 15.8 Å². The van der Waals surface area contributed by atoms with Gasteiger partial charge in [0.15, 0.2) is 5.78 Å². The van der Waals surface area contributed by atoms with Crippen molar-refractivity contribution in [3.63, 3.8) is 0 Å². The van der Waals surface area contributed by atoms with Crippen LogP contribution < -0.4 is 4.74 Å². The first kappa shape index (κ1) is 24.1. The van der Waals surface area contributed by atoms with Gasteiger partial charge in [-0.3, -0.25) is 9.69 Å². The number of sulfonamides is 1. The Morgan fingerprint density at radius 1 is 1.13 bits per heavy atom. The van der Waals surface area contributed by atoms with Crippen molar-refractivity contribution in [2.24, 2.45) is 0 Å². The number of ketones is 1. The van der Waals surface area contributed by atoms with Crippen LogP contribution in [-0.4, -0.2) is 68.0 Å². The molecule has 174 valence electrons. The van der Waals surface area contributed by atoms with E-state index < -0.39 is 15.8 Å². The third kappa shape index (κ3) is 5.65. The van der Waals surface area contributed by atoms with Crippen molar-refractivity contribution < 1.29 is 22.3 Å². The summed E-state index contributed by atoms with van der Waals surface area (Å²) in [4.78, 5) is 15.4. The second-order valence-corrected chi connectivity index (χ2v) is 10.8. The Morgan fingerprint density at radius 2 is 1.81 bits per heavy atom. The van der Waals surface area contributed by atoms with E-state index in [1.165, 1.54) is 31.7 Å². The fourth-order valence-corrected chi connectivity index (χ4v) is 6.63. The molecular formula is C23H35FN2O4S. The fraction of sp³-hybridized carbons (Fsp3) is 0.696. The molecule has 1 aliphatic carbocycles. The van der Waals surface area contributed by atoms with Crippen LogP contribution in [0.25, 0.3) is 0 Å². The summed E-state index contributed by atoms with van der Waals surface area (Å²) in [5.41, 5.74) is 0.354. The predicted molar refractivity (Wildman–Crippen MR) is 120 cm³/mol. The molecule has 1 saturated heterocycles. The minimum absolute atomic E-state index is 0.0361. The quantitative estimate of drug-likeness (QED) is 0.530. The molecule has 1 aromatic carbocycles. The molecule has 1 aliphatic heterocycles. The number of rotatable bonds is 9. The van der Waals surface area contributed by atoms with Gasteiger partial charge in [0.25, 0.3) is 0 Å². The third-order valence-corrected chi connectivity index (χ3v) is 8.91. The molecule has 0 atom stereocenters. The van der Waals surface area contributed by atoms with Crippen LogP contribution >= 0.6 is 0 Å². The summed E-state index contributed by atoms with van der Waals surface area (Å²) in [6.07, 6.45) is 7.24. The molecule has 6 nitrogen and oxygen atoms in total. The highest BCUT2D eigenvalue weighted by Crippen LogP contribution is 2.39. The van der Waals surface area contributed by atoms with Crippen molar-refractivity contribution in [1.29, 1.82) is 0 Å². The number of carbonyl (C=O) groups is 1. The van der Waals surface area contributed by atoms with Gasteiger partial charge in [0.2, 0.25) is 10.0 Å². The first-order chi connectivity index (χ1) is 14.8. The van der Waals surface area contributed by atoms with E-state index in [1.807, 2.05) is 6.92 Å². The van der Waals surface area contributed by atoms with Crippen molar-refractivity contribution in [1.82, 2.24) is 9.21 Å². The van der Waals surface area contributed by atoms with Gasteiger partial charge in [-0.15, -0.1) is 0 Å². The number of methoxy groups -OCH3 is 1. The SMILES string of the molecule is CCCS(=O)(=O)N1CCN(C2(CCC(=O)c3ccc(F)cc3OC)CCCCC2)CC1. The second-order valence-electron chi connectivity index (χ2n) is 8.75. The van der Waals surface area contributed by atoms with Gasteiger partial charge in [0.05, 0.1) is 18.4 Å². The maximum absolute atomic E-state index is 13.5. The highest BCUT2D eigenvalue weighted by Gasteiger charge is 2.40. The molecule has 0 amide bonds. The molecule has 31 heavy (non-hydrogen) atoms. The Kier molecular flexibility index (Phi) is 8.10. The summed E-state index contributed by atoms with van der Waals surface area (Å²) in [5, 5.41) is 0. The van der Waals surface area contributed by atoms with Crippen molar-refractivity contribution in [2.45, 2.75) is 63.8 Å². The molecule has 0 unspecified atom stereocenters. The Balaban J connectivity index is 1.69. The largest absolute Gasteiger partial charge is 0.496 e. The van der Waals surface area contributed by atoms with Gasteiger partial charge >= 0.3 is 0 Å². The molecule has 0 bridgehead atoms. The van der Waals surface area contributed by atoms with Gasteiger partial charge in [0, 0.05) is 44.2 Å². The number of benzene rings is 1. The zero-order chi connectivity index (χ0) is 22.5. The summed E-state index contributed by atoms with van der Waals surface area (Å²) in [6, 6.07) is 4.04. The van der Waals surface area contributed by atoms with E-state index in [4.69, 9.17) is 4.74 Å². The smallest absolute Gasteiger partial charge is 0.214 e. The standard InChI is InChI=1S/C23H35FN2O4S/c1-3-17-31(28,29)26-15-13-25(14-16-26)23(10-5-4-6-11-23)12-9-21(27)20-8-7-19(24)18-22(20)30-2/h7-8,18H,3-6,9-17H2,1-2H3. The van der Waals surface area contributed by atoms with Crippen molar-refractivity contribution in [2.75, 3.05) is 39.0 Å². The molecule has 0 spiro atoms. The van der Waals surface area contributed by atoms with Crippen LogP contribution in [-0.2, 0) is 10.0 Å². The van der Waals surface area contributed by atoms with Gasteiger partial charge in [-0.05, 0) is 37.8 Å². The monoisotopic (exact) mass is 454 g/mol. The minimum Gasteiger partial charge on any atom is -0.496 e. The number of nitrogens with zero attached hydrogens (tertiary/aromatic N) is 2. The molecule has 0 radical (unpaired) electrons. The Bertz CT molecular complexity index is 860. The van der Waals surface area contributed by atoms with Crippen LogP contribution in [0.4, 0.5) is 4.39 Å². The van der Waals surface area contributed by atoms with Gasteiger partial charge in [0.1, 0.15) is 11.6 Å². The van der Waals surface area contributed by atoms with Gasteiger partial charge in [-0.1, -0.05) is 26.2 Å². The molecule has 0 N–H and O–H groups in total. The number of Topliss-reactive ketones (excluding diaryl/α,β-unsaturated/α-hetero) is 1. The molecule has 2 fully saturated rings. The van der Waals surface area contributed by atoms with Crippen molar-refractivity contribution in [3.8, 4) is 5.75 Å². The maximum atomic E-state index is 13.5. The molecule has 1 saturated carbocycles. The lowest BCUT2D eigenvalue weighted by Gasteiger charge is -2.50. The predicted octanol–water partition coefficient (Wildman–Crippen LogP) is 3.86. The number of carbonyl (C=O) groups excluding carboxylic acids is 1. The third-order valence-electron chi connectivity index (χ3n) is 6.83. The lowest BCUT2D eigenvalue weighted by molar-refractivity contribution is 0.0165. The fourth-order valence-electron chi connectivity index (χ4n) is 5.14. The highest BCUT2D eigenvalue weighted by molar-refractivity contribution is 7.89. The Morgan fingerprint density at radius 3 is 2.42 bits per heavy atom. The van der Waals surface area contributed by atoms with Gasteiger partial charge < -0.3 is 4.74 Å². The molecule has 0 aromatic heterocycles. The number of ether oxygens (including phenoxy) is 1. The molecule has 8 heteroatoms. The summed E-state index contributed by atoms with van der Waals surface area (Å²) >= 11 is 0.